The highest BCUT2D eigenvalue weighted by Gasteiger charge is 2.30. The van der Waals surface area contributed by atoms with Crippen molar-refractivity contribution in [3.8, 4) is 0 Å². The lowest BCUT2D eigenvalue weighted by molar-refractivity contribution is -0.175. The summed E-state index contributed by atoms with van der Waals surface area (Å²) in [5.41, 5.74) is 2.12. The van der Waals surface area contributed by atoms with Gasteiger partial charge in [-0.2, -0.15) is 10.2 Å². The van der Waals surface area contributed by atoms with E-state index in [-0.39, 0.29) is 42.0 Å². The van der Waals surface area contributed by atoms with Gasteiger partial charge in [0.25, 0.3) is 6.43 Å². The Bertz CT molecular complexity index is 1600. The second-order valence-electron chi connectivity index (χ2n) is 10.0. The number of sulfonamides is 1. The molecule has 0 radical (unpaired) electrons. The number of nitrogens with zero attached hydrogens (tertiary/aromatic N) is 3. The van der Waals surface area contributed by atoms with Gasteiger partial charge in [0.2, 0.25) is 16.0 Å². The first-order valence-corrected chi connectivity index (χ1v) is 14.9. The SMILES string of the molecule is CC(ON1Nc2nc(N[C@@H]3CNC[C@@H](F)C3)ncc2C=C1c1ccc(NS(=O)(=O)Cc2ccccc2)c(F)c1F)C(F)F. The Morgan fingerprint density at radius 2 is 1.88 bits per heavy atom. The third kappa shape index (κ3) is 7.32. The van der Waals surface area contributed by atoms with Gasteiger partial charge < -0.3 is 10.6 Å². The number of hydrogen-bond acceptors (Lipinski definition) is 9. The summed E-state index contributed by atoms with van der Waals surface area (Å²) in [5.74, 6) is -3.23. The first-order valence-electron chi connectivity index (χ1n) is 13.2. The van der Waals surface area contributed by atoms with Crippen LogP contribution < -0.4 is 20.8 Å². The Hall–Kier alpha value is -4.02. The van der Waals surface area contributed by atoms with E-state index in [1.54, 1.807) is 30.3 Å². The lowest BCUT2D eigenvalue weighted by Gasteiger charge is -2.33. The van der Waals surface area contributed by atoms with Gasteiger partial charge in [0, 0.05) is 42.9 Å². The summed E-state index contributed by atoms with van der Waals surface area (Å²) in [7, 11) is -4.11. The third-order valence-corrected chi connectivity index (χ3v) is 7.86. The van der Waals surface area contributed by atoms with Gasteiger partial charge in [0.05, 0.1) is 17.1 Å². The summed E-state index contributed by atoms with van der Waals surface area (Å²) in [4.78, 5) is 13.8. The standard InChI is InChI=1S/C27H28F5N7O3S/c1-15(25(31)32)42-39-22(9-17-11-34-27(36-26(17)37-39)35-19-10-18(28)12-33-13-19)20-7-8-21(24(30)23(20)29)38-43(40,41)14-16-5-3-2-4-6-16/h2-9,11,15,18-19,25,33,38H,10,12-14H2,1H3,(H2,34,35,36,37)/t15?,18-,19-/m0/s1. The fraction of sp³-hybridized carbons (Fsp3) is 0.333. The molecule has 3 aromatic rings. The van der Waals surface area contributed by atoms with Crippen molar-refractivity contribution in [2.45, 2.75) is 43.8 Å². The zero-order chi connectivity index (χ0) is 30.7. The Morgan fingerprint density at radius 3 is 2.60 bits per heavy atom. The molecular weight excluding hydrogens is 597 g/mol. The molecule has 1 aromatic heterocycles. The van der Waals surface area contributed by atoms with Crippen molar-refractivity contribution in [2.75, 3.05) is 28.6 Å². The predicted octanol–water partition coefficient (Wildman–Crippen LogP) is 4.53. The number of alkyl halides is 3. The Kier molecular flexibility index (Phi) is 8.98. The molecule has 1 unspecified atom stereocenters. The summed E-state index contributed by atoms with van der Waals surface area (Å²) in [6.07, 6.45) is -2.77. The topological polar surface area (TPSA) is 121 Å². The highest BCUT2D eigenvalue weighted by Crippen LogP contribution is 2.35. The number of piperidine rings is 1. The number of hydrazine groups is 1. The molecule has 3 atom stereocenters. The summed E-state index contributed by atoms with van der Waals surface area (Å²) in [6, 6.07) is 9.94. The number of rotatable bonds is 10. The highest BCUT2D eigenvalue weighted by molar-refractivity contribution is 7.91. The summed E-state index contributed by atoms with van der Waals surface area (Å²) >= 11 is 0. The van der Waals surface area contributed by atoms with E-state index in [0.717, 1.165) is 24.2 Å². The molecule has 0 amide bonds. The minimum Gasteiger partial charge on any atom is -0.350 e. The molecule has 1 saturated heterocycles. The third-order valence-electron chi connectivity index (χ3n) is 6.62. The minimum atomic E-state index is -4.11. The molecule has 4 N–H and O–H groups in total. The van der Waals surface area contributed by atoms with Gasteiger partial charge in [0.1, 0.15) is 12.3 Å². The van der Waals surface area contributed by atoms with Crippen molar-refractivity contribution >= 4 is 39.2 Å². The molecule has 2 aliphatic heterocycles. The van der Waals surface area contributed by atoms with E-state index >= 15 is 8.78 Å². The monoisotopic (exact) mass is 625 g/mol. The molecule has 5 rings (SSSR count). The van der Waals surface area contributed by atoms with Crippen molar-refractivity contribution in [2.24, 2.45) is 0 Å². The van der Waals surface area contributed by atoms with E-state index in [9.17, 15) is 21.6 Å². The lowest BCUT2D eigenvalue weighted by Crippen LogP contribution is -2.44. The van der Waals surface area contributed by atoms with Crippen LogP contribution in [0.5, 0.6) is 0 Å². The average Bonchev–Trinajstić information content (AvgIpc) is 2.95. The second-order valence-corrected chi connectivity index (χ2v) is 11.8. The number of hydrogen-bond donors (Lipinski definition) is 4. The van der Waals surface area contributed by atoms with Gasteiger partial charge in [-0.1, -0.05) is 30.3 Å². The van der Waals surface area contributed by atoms with Gasteiger partial charge in [0.15, 0.2) is 17.5 Å². The van der Waals surface area contributed by atoms with Crippen LogP contribution in [-0.2, 0) is 20.6 Å². The van der Waals surface area contributed by atoms with Crippen LogP contribution in [0.25, 0.3) is 11.8 Å². The number of nitrogens with one attached hydrogen (secondary N) is 4. The highest BCUT2D eigenvalue weighted by atomic mass is 32.2. The molecule has 2 aliphatic rings. The summed E-state index contributed by atoms with van der Waals surface area (Å²) in [6.45, 7) is 1.80. The molecule has 0 bridgehead atoms. The molecule has 43 heavy (non-hydrogen) atoms. The van der Waals surface area contributed by atoms with Crippen molar-refractivity contribution in [1.82, 2.24) is 20.5 Å². The quantitative estimate of drug-likeness (QED) is 0.241. The summed E-state index contributed by atoms with van der Waals surface area (Å²) < 4.78 is 98.5. The number of benzene rings is 2. The fourth-order valence-electron chi connectivity index (χ4n) is 4.51. The van der Waals surface area contributed by atoms with E-state index < -0.39 is 57.4 Å². The maximum atomic E-state index is 15.5. The average molecular weight is 626 g/mol. The van der Waals surface area contributed by atoms with Crippen molar-refractivity contribution in [3.63, 3.8) is 0 Å². The van der Waals surface area contributed by atoms with Gasteiger partial charge in [-0.25, -0.2) is 40.2 Å². The van der Waals surface area contributed by atoms with Crippen LogP contribution in [0.2, 0.25) is 0 Å². The van der Waals surface area contributed by atoms with Crippen LogP contribution in [0.1, 0.15) is 30.0 Å². The van der Waals surface area contributed by atoms with Gasteiger partial charge in [-0.15, -0.1) is 0 Å². The second kappa shape index (κ2) is 12.7. The minimum absolute atomic E-state index is 0.0921. The van der Waals surface area contributed by atoms with Crippen molar-refractivity contribution in [3.05, 3.63) is 77.0 Å². The number of fused-ring (bicyclic) bond motifs is 1. The van der Waals surface area contributed by atoms with Crippen LogP contribution in [0.3, 0.4) is 0 Å². The smallest absolute Gasteiger partial charge is 0.266 e. The lowest BCUT2D eigenvalue weighted by atomic mass is 10.1. The van der Waals surface area contributed by atoms with Crippen LogP contribution in [0, 0.1) is 11.6 Å². The largest absolute Gasteiger partial charge is 0.350 e. The van der Waals surface area contributed by atoms with E-state index in [4.69, 9.17) is 4.84 Å². The Morgan fingerprint density at radius 1 is 1.12 bits per heavy atom. The molecular formula is C27H28F5N7O3S. The number of hydroxylamine groups is 1. The molecule has 0 aliphatic carbocycles. The van der Waals surface area contributed by atoms with E-state index in [2.05, 4.69) is 26.0 Å². The first kappa shape index (κ1) is 30.4. The maximum absolute atomic E-state index is 15.5. The fourth-order valence-corrected chi connectivity index (χ4v) is 5.70. The van der Waals surface area contributed by atoms with Crippen molar-refractivity contribution < 1.29 is 35.2 Å². The zero-order valence-corrected chi connectivity index (χ0v) is 23.5. The Balaban J connectivity index is 1.43. The number of anilines is 3. The predicted molar refractivity (Wildman–Crippen MR) is 151 cm³/mol. The van der Waals surface area contributed by atoms with Crippen LogP contribution >= 0.6 is 0 Å². The number of aromatic nitrogens is 2. The normalized spacial score (nSPS) is 19.3. The van der Waals surface area contributed by atoms with Gasteiger partial charge in [-0.05, 0) is 30.7 Å². The van der Waals surface area contributed by atoms with Crippen LogP contribution in [0.15, 0.2) is 48.7 Å². The molecule has 3 heterocycles. The van der Waals surface area contributed by atoms with Crippen LogP contribution in [-0.4, -0.2) is 61.4 Å². The van der Waals surface area contributed by atoms with Gasteiger partial charge in [-0.3, -0.25) is 10.1 Å². The molecule has 10 nitrogen and oxygen atoms in total. The molecule has 2 aromatic carbocycles. The van der Waals surface area contributed by atoms with Crippen LogP contribution in [0.4, 0.5) is 39.4 Å². The maximum Gasteiger partial charge on any atom is 0.266 e. The zero-order valence-electron chi connectivity index (χ0n) is 22.7. The van der Waals surface area contributed by atoms with Gasteiger partial charge >= 0.3 is 0 Å². The first-order chi connectivity index (χ1) is 20.5. The molecule has 16 heteroatoms. The van der Waals surface area contributed by atoms with E-state index in [0.29, 0.717) is 12.1 Å². The van der Waals surface area contributed by atoms with E-state index in [1.165, 1.54) is 12.3 Å². The molecule has 230 valence electrons. The number of halogens is 5. The molecule has 0 saturated carbocycles. The molecule has 0 spiro atoms. The summed E-state index contributed by atoms with van der Waals surface area (Å²) in [5, 5.41) is 6.68. The van der Waals surface area contributed by atoms with E-state index in [1.807, 2.05) is 4.72 Å². The van der Waals surface area contributed by atoms with Crippen molar-refractivity contribution in [1.29, 1.82) is 0 Å². The Labute approximate surface area is 244 Å². The molecule has 1 fully saturated rings.